The van der Waals surface area contributed by atoms with Gasteiger partial charge in [0.1, 0.15) is 5.60 Å². The minimum Gasteiger partial charge on any atom is -0.460 e. The van der Waals surface area contributed by atoms with Crippen LogP contribution in [0.1, 0.15) is 46.5 Å². The number of hydrogen-bond donors (Lipinski definition) is 0. The van der Waals surface area contributed by atoms with Gasteiger partial charge in [0.2, 0.25) is 0 Å². The zero-order valence-corrected chi connectivity index (χ0v) is 12.6. The summed E-state index contributed by atoms with van der Waals surface area (Å²) in [7, 11) is -3.24. The van der Waals surface area contributed by atoms with E-state index < -0.39 is 26.2 Å². The van der Waals surface area contributed by atoms with Gasteiger partial charge in [-0.25, -0.2) is 8.42 Å². The molecule has 2 aliphatic rings. The number of esters is 1. The maximum atomic E-state index is 12.5. The standard InChI is InChI=1S/C14H22O4S/c1-5-10-8-14(10,19(16,17)11-6-7-11)9-12(15)18-13(2,3)4/h5,10-11H,1,6-9H2,2-4H3/t10?,14-/m1/s1. The molecular formula is C14H22O4S. The van der Waals surface area contributed by atoms with E-state index in [0.717, 1.165) is 12.8 Å². The average Bonchev–Trinajstić information content (AvgIpc) is 3.09. The Balaban J connectivity index is 2.14. The Bertz CT molecular complexity index is 496. The van der Waals surface area contributed by atoms with Crippen molar-refractivity contribution in [1.29, 1.82) is 0 Å². The van der Waals surface area contributed by atoms with Crippen molar-refractivity contribution < 1.29 is 17.9 Å². The summed E-state index contributed by atoms with van der Waals surface area (Å²) in [5, 5.41) is -0.250. The third-order valence-corrected chi connectivity index (χ3v) is 6.86. The smallest absolute Gasteiger partial charge is 0.307 e. The van der Waals surface area contributed by atoms with Crippen LogP contribution in [-0.2, 0) is 19.4 Å². The van der Waals surface area contributed by atoms with Crippen LogP contribution >= 0.6 is 0 Å². The van der Waals surface area contributed by atoms with Crippen molar-refractivity contribution in [3.8, 4) is 0 Å². The maximum Gasteiger partial charge on any atom is 0.307 e. The molecule has 0 aromatic rings. The Hall–Kier alpha value is -0.840. The third-order valence-electron chi connectivity index (χ3n) is 3.76. The number of ether oxygens (including phenoxy) is 1. The zero-order valence-electron chi connectivity index (χ0n) is 11.8. The zero-order chi connectivity index (χ0) is 14.5. The van der Waals surface area contributed by atoms with Crippen molar-refractivity contribution in [3.63, 3.8) is 0 Å². The molecule has 2 atom stereocenters. The van der Waals surface area contributed by atoms with Gasteiger partial charge in [-0.15, -0.1) is 6.58 Å². The van der Waals surface area contributed by atoms with Crippen LogP contribution in [0.4, 0.5) is 0 Å². The summed E-state index contributed by atoms with van der Waals surface area (Å²) in [5.41, 5.74) is -0.583. The van der Waals surface area contributed by atoms with E-state index in [1.54, 1.807) is 26.8 Å². The highest BCUT2D eigenvalue weighted by atomic mass is 32.2. The lowest BCUT2D eigenvalue weighted by molar-refractivity contribution is -0.155. The van der Waals surface area contributed by atoms with Crippen molar-refractivity contribution in [3.05, 3.63) is 12.7 Å². The molecular weight excluding hydrogens is 264 g/mol. The fraction of sp³-hybridized carbons (Fsp3) is 0.786. The van der Waals surface area contributed by atoms with Crippen LogP contribution in [0, 0.1) is 5.92 Å². The number of sulfone groups is 1. The maximum absolute atomic E-state index is 12.5. The molecule has 4 nitrogen and oxygen atoms in total. The summed E-state index contributed by atoms with van der Waals surface area (Å²) in [5.74, 6) is -0.535. The van der Waals surface area contributed by atoms with Gasteiger partial charge in [-0.05, 0) is 46.0 Å². The third kappa shape index (κ3) is 2.71. The van der Waals surface area contributed by atoms with E-state index in [1.807, 2.05) is 0 Å². The first-order valence-electron chi connectivity index (χ1n) is 6.70. The Morgan fingerprint density at radius 3 is 2.37 bits per heavy atom. The number of carbonyl (C=O) groups is 1. The van der Waals surface area contributed by atoms with Crippen molar-refractivity contribution in [1.82, 2.24) is 0 Å². The molecule has 5 heteroatoms. The predicted molar refractivity (Wildman–Crippen MR) is 73.4 cm³/mol. The van der Waals surface area contributed by atoms with Gasteiger partial charge in [0.05, 0.1) is 16.4 Å². The van der Waals surface area contributed by atoms with Crippen molar-refractivity contribution >= 4 is 15.8 Å². The van der Waals surface area contributed by atoms with Gasteiger partial charge < -0.3 is 4.74 Å². The molecule has 108 valence electrons. The van der Waals surface area contributed by atoms with Gasteiger partial charge >= 0.3 is 5.97 Å². The van der Waals surface area contributed by atoms with E-state index in [9.17, 15) is 13.2 Å². The lowest BCUT2D eigenvalue weighted by Gasteiger charge is -2.22. The normalized spacial score (nSPS) is 30.8. The fourth-order valence-corrected chi connectivity index (χ4v) is 5.24. The summed E-state index contributed by atoms with van der Waals surface area (Å²) >= 11 is 0. The van der Waals surface area contributed by atoms with Crippen LogP contribution < -0.4 is 0 Å². The van der Waals surface area contributed by atoms with E-state index in [-0.39, 0.29) is 17.6 Å². The van der Waals surface area contributed by atoms with E-state index in [2.05, 4.69) is 6.58 Å². The first-order valence-corrected chi connectivity index (χ1v) is 8.25. The molecule has 0 aromatic carbocycles. The Labute approximate surface area is 115 Å². The molecule has 0 N–H and O–H groups in total. The van der Waals surface area contributed by atoms with Gasteiger partial charge in [-0.2, -0.15) is 0 Å². The number of carbonyl (C=O) groups excluding carboxylic acids is 1. The SMILES string of the molecule is C=CC1C[C@]1(CC(=O)OC(C)(C)C)S(=O)(=O)C1CC1. The molecule has 2 saturated carbocycles. The lowest BCUT2D eigenvalue weighted by atomic mass is 10.2. The molecule has 2 aliphatic carbocycles. The summed E-state index contributed by atoms with van der Waals surface area (Å²) in [6.07, 6.45) is 3.57. The van der Waals surface area contributed by atoms with E-state index >= 15 is 0 Å². The molecule has 0 amide bonds. The first kappa shape index (κ1) is 14.6. The highest BCUT2D eigenvalue weighted by Gasteiger charge is 2.66. The number of rotatable bonds is 5. The minimum absolute atomic E-state index is 0.0419. The van der Waals surface area contributed by atoms with Crippen LogP contribution in [0.2, 0.25) is 0 Å². The number of hydrogen-bond acceptors (Lipinski definition) is 4. The van der Waals surface area contributed by atoms with E-state index in [4.69, 9.17) is 4.74 Å². The van der Waals surface area contributed by atoms with Gasteiger partial charge in [-0.3, -0.25) is 4.79 Å². The van der Waals surface area contributed by atoms with E-state index in [0.29, 0.717) is 6.42 Å². The molecule has 0 spiro atoms. The Morgan fingerprint density at radius 1 is 1.42 bits per heavy atom. The molecule has 0 saturated heterocycles. The molecule has 2 rings (SSSR count). The van der Waals surface area contributed by atoms with Gasteiger partial charge in [0.25, 0.3) is 0 Å². The Kier molecular flexibility index (Phi) is 3.32. The fourth-order valence-electron chi connectivity index (χ4n) is 2.57. The van der Waals surface area contributed by atoms with Crippen LogP contribution in [-0.4, -0.2) is 30.0 Å². The van der Waals surface area contributed by atoms with E-state index in [1.165, 1.54) is 0 Å². The molecule has 0 bridgehead atoms. The molecule has 19 heavy (non-hydrogen) atoms. The molecule has 0 aliphatic heterocycles. The molecule has 0 aromatic heterocycles. The topological polar surface area (TPSA) is 60.4 Å². The van der Waals surface area contributed by atoms with Crippen molar-refractivity contribution in [2.24, 2.45) is 5.92 Å². The largest absolute Gasteiger partial charge is 0.460 e. The van der Waals surface area contributed by atoms with Crippen LogP contribution in [0.3, 0.4) is 0 Å². The second-order valence-corrected chi connectivity index (χ2v) is 9.19. The van der Waals surface area contributed by atoms with Crippen LogP contribution in [0.25, 0.3) is 0 Å². The number of allylic oxidation sites excluding steroid dienone is 1. The average molecular weight is 286 g/mol. The molecule has 0 radical (unpaired) electrons. The quantitative estimate of drug-likeness (QED) is 0.574. The van der Waals surface area contributed by atoms with Gasteiger partial charge in [-0.1, -0.05) is 6.08 Å². The summed E-state index contributed by atoms with van der Waals surface area (Å²) in [6, 6.07) is 0. The summed E-state index contributed by atoms with van der Waals surface area (Å²) in [4.78, 5) is 11.9. The second kappa shape index (κ2) is 4.33. The van der Waals surface area contributed by atoms with Crippen LogP contribution in [0.5, 0.6) is 0 Å². The molecule has 1 unspecified atom stereocenters. The highest BCUT2D eigenvalue weighted by Crippen LogP contribution is 2.57. The van der Waals surface area contributed by atoms with Crippen molar-refractivity contribution in [2.45, 2.75) is 62.1 Å². The van der Waals surface area contributed by atoms with Crippen molar-refractivity contribution in [2.75, 3.05) is 0 Å². The molecule has 2 fully saturated rings. The molecule has 0 heterocycles. The monoisotopic (exact) mass is 286 g/mol. The van der Waals surface area contributed by atoms with Gasteiger partial charge in [0.15, 0.2) is 9.84 Å². The first-order chi connectivity index (χ1) is 8.62. The predicted octanol–water partition coefficient (Wildman–Crippen LogP) is 2.24. The van der Waals surface area contributed by atoms with Gasteiger partial charge in [0, 0.05) is 0 Å². The lowest BCUT2D eigenvalue weighted by Crippen LogP contribution is -2.34. The second-order valence-electron chi connectivity index (χ2n) is 6.62. The Morgan fingerprint density at radius 2 is 2.00 bits per heavy atom. The minimum atomic E-state index is -3.24. The van der Waals surface area contributed by atoms with Crippen LogP contribution in [0.15, 0.2) is 12.7 Å². The summed E-state index contributed by atoms with van der Waals surface area (Å²) in [6.45, 7) is 9.02. The highest BCUT2D eigenvalue weighted by molar-refractivity contribution is 7.94. The summed E-state index contributed by atoms with van der Waals surface area (Å²) < 4.78 is 29.3.